The Bertz CT molecular complexity index is 984. The quantitative estimate of drug-likeness (QED) is 0.427. The summed E-state index contributed by atoms with van der Waals surface area (Å²) in [6.45, 7) is 1.77. The predicted molar refractivity (Wildman–Crippen MR) is 95.0 cm³/mol. The highest BCUT2D eigenvalue weighted by molar-refractivity contribution is 6.39. The van der Waals surface area contributed by atoms with Gasteiger partial charge in [-0.05, 0) is 48.4 Å². The fourth-order valence-electron chi connectivity index (χ4n) is 2.41. The van der Waals surface area contributed by atoms with Crippen molar-refractivity contribution in [3.8, 4) is 11.5 Å². The molecule has 26 heavy (non-hydrogen) atoms. The molecule has 1 aliphatic heterocycles. The Balaban J connectivity index is 2.03. The Hall–Kier alpha value is -3.32. The average Bonchev–Trinajstić information content (AvgIpc) is 2.57. The minimum atomic E-state index is -0.884. The van der Waals surface area contributed by atoms with E-state index in [4.69, 9.17) is 11.6 Å². The normalized spacial score (nSPS) is 16.2. The van der Waals surface area contributed by atoms with Crippen LogP contribution in [0, 0.1) is 6.92 Å². The first kappa shape index (κ1) is 17.5. The van der Waals surface area contributed by atoms with Gasteiger partial charge >= 0.3 is 6.03 Å². The van der Waals surface area contributed by atoms with Gasteiger partial charge < -0.3 is 10.2 Å². The molecule has 7 nitrogen and oxygen atoms in total. The lowest BCUT2D eigenvalue weighted by Gasteiger charge is -2.26. The SMILES string of the molecule is Cc1ccc(N2C(=O)NC(=O)C(=Cc3ccc(O)c(O)c3)C2=O)cc1Cl. The van der Waals surface area contributed by atoms with Gasteiger partial charge in [-0.2, -0.15) is 0 Å². The molecule has 1 fully saturated rings. The number of phenols is 2. The van der Waals surface area contributed by atoms with E-state index in [1.54, 1.807) is 19.1 Å². The van der Waals surface area contributed by atoms with Crippen molar-refractivity contribution in [2.24, 2.45) is 0 Å². The lowest BCUT2D eigenvalue weighted by molar-refractivity contribution is -0.122. The third-order valence-corrected chi connectivity index (χ3v) is 4.23. The van der Waals surface area contributed by atoms with Crippen LogP contribution in [0.4, 0.5) is 10.5 Å². The Morgan fingerprint density at radius 2 is 1.77 bits per heavy atom. The van der Waals surface area contributed by atoms with E-state index in [2.05, 4.69) is 5.32 Å². The molecule has 0 spiro atoms. The van der Waals surface area contributed by atoms with Crippen molar-refractivity contribution in [3.05, 3.63) is 58.1 Å². The van der Waals surface area contributed by atoms with Gasteiger partial charge in [0.25, 0.3) is 11.8 Å². The van der Waals surface area contributed by atoms with Crippen molar-refractivity contribution in [3.63, 3.8) is 0 Å². The first-order chi connectivity index (χ1) is 12.3. The van der Waals surface area contributed by atoms with Gasteiger partial charge in [-0.3, -0.25) is 14.9 Å². The van der Waals surface area contributed by atoms with Crippen LogP contribution in [0.15, 0.2) is 42.0 Å². The topological polar surface area (TPSA) is 107 Å². The van der Waals surface area contributed by atoms with Crippen molar-refractivity contribution in [2.75, 3.05) is 4.90 Å². The van der Waals surface area contributed by atoms with Crippen molar-refractivity contribution >= 4 is 41.2 Å². The fourth-order valence-corrected chi connectivity index (χ4v) is 2.58. The van der Waals surface area contributed by atoms with Crippen LogP contribution < -0.4 is 10.2 Å². The summed E-state index contributed by atoms with van der Waals surface area (Å²) in [5.41, 5.74) is 0.989. The summed E-state index contributed by atoms with van der Waals surface area (Å²) in [4.78, 5) is 37.7. The molecule has 0 aromatic heterocycles. The van der Waals surface area contributed by atoms with Gasteiger partial charge in [-0.1, -0.05) is 23.7 Å². The van der Waals surface area contributed by atoms with Crippen LogP contribution in [-0.4, -0.2) is 28.1 Å². The first-order valence-corrected chi connectivity index (χ1v) is 7.85. The number of hydrogen-bond acceptors (Lipinski definition) is 5. The predicted octanol–water partition coefficient (Wildman–Crippen LogP) is 2.73. The molecule has 132 valence electrons. The van der Waals surface area contributed by atoms with E-state index >= 15 is 0 Å². The maximum Gasteiger partial charge on any atom is 0.335 e. The van der Waals surface area contributed by atoms with Crippen molar-refractivity contribution in [2.45, 2.75) is 6.92 Å². The summed E-state index contributed by atoms with van der Waals surface area (Å²) in [5, 5.41) is 21.4. The molecule has 1 saturated heterocycles. The van der Waals surface area contributed by atoms with Crippen LogP contribution >= 0.6 is 11.6 Å². The van der Waals surface area contributed by atoms with Gasteiger partial charge in [0, 0.05) is 5.02 Å². The van der Waals surface area contributed by atoms with Gasteiger partial charge in [-0.15, -0.1) is 0 Å². The lowest BCUT2D eigenvalue weighted by atomic mass is 10.1. The third kappa shape index (κ3) is 3.12. The number of halogens is 1. The minimum Gasteiger partial charge on any atom is -0.504 e. The van der Waals surface area contributed by atoms with E-state index in [0.29, 0.717) is 10.6 Å². The van der Waals surface area contributed by atoms with Crippen molar-refractivity contribution in [1.29, 1.82) is 0 Å². The Morgan fingerprint density at radius 3 is 2.42 bits per heavy atom. The number of barbiturate groups is 1. The van der Waals surface area contributed by atoms with E-state index < -0.39 is 23.6 Å². The average molecular weight is 373 g/mol. The molecule has 0 atom stereocenters. The number of nitrogens with zero attached hydrogens (tertiary/aromatic N) is 1. The molecule has 1 heterocycles. The second-order valence-electron chi connectivity index (χ2n) is 5.64. The minimum absolute atomic E-state index is 0.218. The molecule has 2 aromatic carbocycles. The van der Waals surface area contributed by atoms with Crippen LogP contribution in [0.5, 0.6) is 11.5 Å². The summed E-state index contributed by atoms with van der Waals surface area (Å²) in [6.07, 6.45) is 1.21. The number of nitrogens with one attached hydrogen (secondary N) is 1. The highest BCUT2D eigenvalue weighted by Gasteiger charge is 2.36. The second-order valence-corrected chi connectivity index (χ2v) is 6.05. The number of benzene rings is 2. The smallest absolute Gasteiger partial charge is 0.335 e. The standard InChI is InChI=1S/C18H13ClN2O5/c1-9-2-4-11(8-13(9)19)21-17(25)12(16(24)20-18(21)26)6-10-3-5-14(22)15(23)7-10/h2-8,22-23H,1H3,(H,20,24,26). The molecule has 3 N–H and O–H groups in total. The zero-order valence-corrected chi connectivity index (χ0v) is 14.2. The number of phenolic OH excluding ortho intramolecular Hbond substituents is 2. The van der Waals surface area contributed by atoms with E-state index in [1.165, 1.54) is 30.3 Å². The van der Waals surface area contributed by atoms with Gasteiger partial charge in [0.1, 0.15) is 5.57 Å². The fraction of sp³-hybridized carbons (Fsp3) is 0.0556. The number of carbonyl (C=O) groups is 3. The molecule has 8 heteroatoms. The molecule has 2 aromatic rings. The van der Waals surface area contributed by atoms with Gasteiger partial charge in [0.15, 0.2) is 11.5 Å². The lowest BCUT2D eigenvalue weighted by Crippen LogP contribution is -2.54. The highest BCUT2D eigenvalue weighted by atomic mass is 35.5. The monoisotopic (exact) mass is 372 g/mol. The summed E-state index contributed by atoms with van der Waals surface area (Å²) < 4.78 is 0. The molecule has 0 bridgehead atoms. The number of aryl methyl sites for hydroxylation is 1. The van der Waals surface area contributed by atoms with Crippen LogP contribution in [0.1, 0.15) is 11.1 Å². The Morgan fingerprint density at radius 1 is 1.04 bits per heavy atom. The second kappa shape index (κ2) is 6.53. The summed E-state index contributed by atoms with van der Waals surface area (Å²) in [6, 6.07) is 7.57. The maximum absolute atomic E-state index is 12.7. The van der Waals surface area contributed by atoms with E-state index in [9.17, 15) is 24.6 Å². The van der Waals surface area contributed by atoms with Crippen molar-refractivity contribution in [1.82, 2.24) is 5.32 Å². The maximum atomic E-state index is 12.7. The van der Waals surface area contributed by atoms with E-state index in [-0.39, 0.29) is 17.0 Å². The van der Waals surface area contributed by atoms with E-state index in [0.717, 1.165) is 10.5 Å². The molecule has 0 radical (unpaired) electrons. The van der Waals surface area contributed by atoms with E-state index in [1.807, 2.05) is 0 Å². The first-order valence-electron chi connectivity index (χ1n) is 7.47. The summed E-state index contributed by atoms with van der Waals surface area (Å²) in [5.74, 6) is -2.42. The van der Waals surface area contributed by atoms with Gasteiger partial charge in [0.05, 0.1) is 5.69 Å². The van der Waals surface area contributed by atoms with Crippen molar-refractivity contribution < 1.29 is 24.6 Å². The number of anilines is 1. The van der Waals surface area contributed by atoms with Gasteiger partial charge in [0.2, 0.25) is 0 Å². The number of aromatic hydroxyl groups is 2. The van der Waals surface area contributed by atoms with Crippen LogP contribution in [0.2, 0.25) is 5.02 Å². The Labute approximate surface area is 153 Å². The number of hydrogen-bond donors (Lipinski definition) is 3. The molecule has 1 aliphatic rings. The van der Waals surface area contributed by atoms with Gasteiger partial charge in [-0.25, -0.2) is 9.69 Å². The molecular weight excluding hydrogens is 360 g/mol. The zero-order valence-electron chi connectivity index (χ0n) is 13.5. The molecular formula is C18H13ClN2O5. The third-order valence-electron chi connectivity index (χ3n) is 3.83. The van der Waals surface area contributed by atoms with Crippen LogP contribution in [0.25, 0.3) is 6.08 Å². The molecule has 0 unspecified atom stereocenters. The number of imide groups is 2. The largest absolute Gasteiger partial charge is 0.504 e. The number of urea groups is 1. The molecule has 4 amide bonds. The number of rotatable bonds is 2. The number of carbonyl (C=O) groups excluding carboxylic acids is 3. The summed E-state index contributed by atoms with van der Waals surface area (Å²) >= 11 is 6.05. The molecule has 0 aliphatic carbocycles. The van der Waals surface area contributed by atoms with Crippen LogP contribution in [0.3, 0.4) is 0 Å². The zero-order chi connectivity index (χ0) is 19.0. The molecule has 3 rings (SSSR count). The highest BCUT2D eigenvalue weighted by Crippen LogP contribution is 2.28. The number of amides is 4. The Kier molecular flexibility index (Phi) is 4.40. The molecule has 0 saturated carbocycles. The van der Waals surface area contributed by atoms with Crippen LogP contribution in [-0.2, 0) is 9.59 Å². The summed E-state index contributed by atoms with van der Waals surface area (Å²) in [7, 11) is 0.